The van der Waals surface area contributed by atoms with E-state index in [1.54, 1.807) is 12.3 Å². The Labute approximate surface area is 118 Å². The van der Waals surface area contributed by atoms with E-state index in [0.29, 0.717) is 17.2 Å². The average molecular weight is 272 g/mol. The summed E-state index contributed by atoms with van der Waals surface area (Å²) in [6.07, 6.45) is 1.77. The number of aromatic nitrogens is 2. The molecule has 0 aromatic carbocycles. The summed E-state index contributed by atoms with van der Waals surface area (Å²) in [4.78, 5) is 16.7. The van der Waals surface area contributed by atoms with Gasteiger partial charge in [-0.2, -0.15) is 0 Å². The van der Waals surface area contributed by atoms with E-state index in [9.17, 15) is 4.79 Å². The molecule has 0 saturated heterocycles. The normalized spacial score (nSPS) is 10.8. The molecule has 2 rings (SSSR count). The molecule has 2 heterocycles. The number of hydrogen-bond donors (Lipinski definition) is 2. The van der Waals surface area contributed by atoms with Crippen molar-refractivity contribution in [3.63, 3.8) is 0 Å². The van der Waals surface area contributed by atoms with Crippen LogP contribution in [0.1, 0.15) is 41.6 Å². The Kier molecular flexibility index (Phi) is 3.79. The summed E-state index contributed by atoms with van der Waals surface area (Å²) in [5.74, 6) is 0.357. The lowest BCUT2D eigenvalue weighted by molar-refractivity contribution is 0.101. The quantitative estimate of drug-likeness (QED) is 0.902. The number of carbonyl (C=O) groups is 1. The summed E-state index contributed by atoms with van der Waals surface area (Å²) in [7, 11) is 0. The third-order valence-corrected chi connectivity index (χ3v) is 3.00. The minimum atomic E-state index is -0.201. The topological polar surface area (TPSA) is 72.9 Å². The first kappa shape index (κ1) is 14.1. The van der Waals surface area contributed by atoms with Crippen LogP contribution in [0.15, 0.2) is 24.4 Å². The number of nitrogen functional groups attached to an aromatic ring is 1. The highest BCUT2D eigenvalue weighted by Crippen LogP contribution is 2.18. The molecule has 0 saturated carbocycles. The van der Waals surface area contributed by atoms with Crippen LogP contribution in [-0.4, -0.2) is 15.5 Å². The molecule has 0 bridgehead atoms. The van der Waals surface area contributed by atoms with E-state index in [4.69, 9.17) is 5.73 Å². The van der Waals surface area contributed by atoms with E-state index in [-0.39, 0.29) is 11.9 Å². The molecular formula is C15H20N4O. The molecule has 0 spiro atoms. The van der Waals surface area contributed by atoms with Gasteiger partial charge >= 0.3 is 0 Å². The number of nitrogens with one attached hydrogen (secondary N) is 1. The first-order chi connectivity index (χ1) is 9.36. The van der Waals surface area contributed by atoms with Crippen molar-refractivity contribution in [2.75, 3.05) is 11.1 Å². The lowest BCUT2D eigenvalue weighted by Gasteiger charge is -2.12. The third-order valence-electron chi connectivity index (χ3n) is 3.00. The number of nitrogens with zero attached hydrogens (tertiary/aromatic N) is 2. The van der Waals surface area contributed by atoms with Crippen LogP contribution in [0.3, 0.4) is 0 Å². The number of aryl methyl sites for hydroxylation is 2. The lowest BCUT2D eigenvalue weighted by Crippen LogP contribution is -2.18. The summed E-state index contributed by atoms with van der Waals surface area (Å²) in [5, 5.41) is 2.82. The van der Waals surface area contributed by atoms with Gasteiger partial charge in [0.05, 0.1) is 5.69 Å². The molecule has 0 unspecified atom stereocenters. The van der Waals surface area contributed by atoms with E-state index < -0.39 is 0 Å². The van der Waals surface area contributed by atoms with Crippen molar-refractivity contribution >= 4 is 17.4 Å². The molecule has 0 aliphatic carbocycles. The highest BCUT2D eigenvalue weighted by atomic mass is 16.2. The largest absolute Gasteiger partial charge is 0.397 e. The first-order valence-corrected chi connectivity index (χ1v) is 6.61. The van der Waals surface area contributed by atoms with Gasteiger partial charge in [-0.3, -0.25) is 4.79 Å². The minimum Gasteiger partial charge on any atom is -0.397 e. The Hall–Kier alpha value is -2.30. The predicted octanol–water partition coefficient (Wildman–Crippen LogP) is 2.92. The second-order valence-electron chi connectivity index (χ2n) is 5.28. The molecule has 1 amide bonds. The predicted molar refractivity (Wildman–Crippen MR) is 80.9 cm³/mol. The molecule has 5 heteroatoms. The molecule has 0 fully saturated rings. The fourth-order valence-corrected chi connectivity index (χ4v) is 2.20. The molecule has 20 heavy (non-hydrogen) atoms. The summed E-state index contributed by atoms with van der Waals surface area (Å²) < 4.78 is 1.85. The van der Waals surface area contributed by atoms with Gasteiger partial charge in [-0.15, -0.1) is 0 Å². The third kappa shape index (κ3) is 2.99. The fraction of sp³-hybridized carbons (Fsp3) is 0.333. The second kappa shape index (κ2) is 5.36. The Bertz CT molecular complexity index is 623. The van der Waals surface area contributed by atoms with Gasteiger partial charge in [0, 0.05) is 17.9 Å². The maximum absolute atomic E-state index is 12.3. The van der Waals surface area contributed by atoms with Crippen molar-refractivity contribution in [3.05, 3.63) is 41.3 Å². The first-order valence-electron chi connectivity index (χ1n) is 6.61. The lowest BCUT2D eigenvalue weighted by atomic mass is 10.2. The van der Waals surface area contributed by atoms with Crippen molar-refractivity contribution in [1.29, 1.82) is 0 Å². The zero-order valence-corrected chi connectivity index (χ0v) is 12.3. The van der Waals surface area contributed by atoms with Crippen molar-refractivity contribution in [1.82, 2.24) is 9.55 Å². The van der Waals surface area contributed by atoms with Crippen LogP contribution in [0.5, 0.6) is 0 Å². The highest BCUT2D eigenvalue weighted by Gasteiger charge is 2.15. The van der Waals surface area contributed by atoms with E-state index in [2.05, 4.69) is 10.3 Å². The van der Waals surface area contributed by atoms with Gasteiger partial charge in [0.25, 0.3) is 5.91 Å². The number of anilines is 2. The van der Waals surface area contributed by atoms with Crippen LogP contribution in [0.25, 0.3) is 0 Å². The Morgan fingerprint density at radius 1 is 1.30 bits per heavy atom. The van der Waals surface area contributed by atoms with Gasteiger partial charge < -0.3 is 15.6 Å². The average Bonchev–Trinajstić information content (AvgIpc) is 2.70. The highest BCUT2D eigenvalue weighted by molar-refractivity contribution is 6.03. The van der Waals surface area contributed by atoms with Crippen molar-refractivity contribution in [2.45, 2.75) is 33.7 Å². The number of carbonyl (C=O) groups excluding carboxylic acids is 1. The van der Waals surface area contributed by atoms with E-state index in [1.807, 2.05) is 44.4 Å². The zero-order valence-electron chi connectivity index (χ0n) is 12.3. The van der Waals surface area contributed by atoms with E-state index in [1.165, 1.54) is 0 Å². The molecule has 5 nitrogen and oxygen atoms in total. The van der Waals surface area contributed by atoms with Gasteiger partial charge in [0.1, 0.15) is 11.5 Å². The van der Waals surface area contributed by atoms with E-state index >= 15 is 0 Å². The summed E-state index contributed by atoms with van der Waals surface area (Å²) >= 11 is 0. The Balaban J connectivity index is 2.28. The second-order valence-corrected chi connectivity index (χ2v) is 5.28. The summed E-state index contributed by atoms with van der Waals surface area (Å²) in [5.41, 5.74) is 8.84. The minimum absolute atomic E-state index is 0.167. The molecule has 2 aromatic heterocycles. The van der Waals surface area contributed by atoms with Crippen LogP contribution in [-0.2, 0) is 0 Å². The summed E-state index contributed by atoms with van der Waals surface area (Å²) in [6.45, 7) is 7.88. The van der Waals surface area contributed by atoms with Crippen LogP contribution in [0.4, 0.5) is 11.5 Å². The SMILES string of the molecule is Cc1cc(C)nc(NC(=O)c2cc(N)cn2C(C)C)c1. The number of nitrogens with two attached hydrogens (primary N) is 1. The van der Waals surface area contributed by atoms with Gasteiger partial charge in [-0.05, 0) is 51.5 Å². The fourth-order valence-electron chi connectivity index (χ4n) is 2.20. The van der Waals surface area contributed by atoms with Crippen molar-refractivity contribution < 1.29 is 4.79 Å². The maximum Gasteiger partial charge on any atom is 0.273 e. The monoisotopic (exact) mass is 272 g/mol. The van der Waals surface area contributed by atoms with Gasteiger partial charge in [0.2, 0.25) is 0 Å². The van der Waals surface area contributed by atoms with Crippen LogP contribution >= 0.6 is 0 Å². The smallest absolute Gasteiger partial charge is 0.273 e. The molecule has 106 valence electrons. The van der Waals surface area contributed by atoms with E-state index in [0.717, 1.165) is 11.3 Å². The van der Waals surface area contributed by atoms with Crippen molar-refractivity contribution in [3.8, 4) is 0 Å². The standard InChI is InChI=1S/C15H20N4O/c1-9(2)19-8-12(16)7-13(19)15(20)18-14-6-10(3)5-11(4)17-14/h5-9H,16H2,1-4H3,(H,17,18,20). The Morgan fingerprint density at radius 2 is 2.00 bits per heavy atom. The van der Waals surface area contributed by atoms with Gasteiger partial charge in [-0.25, -0.2) is 4.98 Å². The molecule has 0 aliphatic rings. The van der Waals surface area contributed by atoms with Crippen molar-refractivity contribution in [2.24, 2.45) is 0 Å². The maximum atomic E-state index is 12.3. The van der Waals surface area contributed by atoms with Crippen LogP contribution < -0.4 is 11.1 Å². The van der Waals surface area contributed by atoms with Crippen LogP contribution in [0.2, 0.25) is 0 Å². The van der Waals surface area contributed by atoms with Gasteiger partial charge in [-0.1, -0.05) is 0 Å². The molecule has 3 N–H and O–H groups in total. The number of hydrogen-bond acceptors (Lipinski definition) is 3. The molecular weight excluding hydrogens is 252 g/mol. The van der Waals surface area contributed by atoms with Crippen LogP contribution in [0, 0.1) is 13.8 Å². The molecule has 0 aliphatic heterocycles. The van der Waals surface area contributed by atoms with Gasteiger partial charge in [0.15, 0.2) is 0 Å². The number of rotatable bonds is 3. The number of pyridine rings is 1. The Morgan fingerprint density at radius 3 is 2.60 bits per heavy atom. The number of amides is 1. The molecule has 0 atom stereocenters. The molecule has 2 aromatic rings. The molecule has 0 radical (unpaired) electrons. The zero-order chi connectivity index (χ0) is 14.9. The summed E-state index contributed by atoms with van der Waals surface area (Å²) in [6, 6.07) is 5.65.